The van der Waals surface area contributed by atoms with Gasteiger partial charge in [0.15, 0.2) is 5.49 Å². The van der Waals surface area contributed by atoms with Crippen molar-refractivity contribution in [2.75, 3.05) is 0 Å². The molecule has 0 radical (unpaired) electrons. The van der Waals surface area contributed by atoms with Crippen LogP contribution in [0, 0.1) is 20.2 Å². The van der Waals surface area contributed by atoms with E-state index in [9.17, 15) is 25.4 Å². The molecule has 1 heterocycles. The first-order chi connectivity index (χ1) is 14.0. The van der Waals surface area contributed by atoms with Crippen LogP contribution in [0.1, 0.15) is 0 Å². The number of nitro benzene ring substituents is 2. The first-order valence-electron chi connectivity index (χ1n) is 8.42. The molecule has 3 aromatic carbocycles. The minimum atomic E-state index is -0.750. The van der Waals surface area contributed by atoms with Crippen LogP contribution in [0.5, 0.6) is 0 Å². The average molecular weight is 391 g/mol. The van der Waals surface area contributed by atoms with Gasteiger partial charge >= 0.3 is 0 Å². The number of nitrogens with zero attached hydrogens (tertiary/aromatic N) is 5. The second-order valence-electron chi connectivity index (χ2n) is 6.08. The topological polar surface area (TPSA) is 129 Å². The van der Waals surface area contributed by atoms with Gasteiger partial charge in [-0.15, -0.1) is 4.85 Å². The molecular formula is C19H13N5O5. The summed E-state index contributed by atoms with van der Waals surface area (Å²) >= 11 is 0. The number of fused-ring (bicyclic) bond motifs is 1. The van der Waals surface area contributed by atoms with Gasteiger partial charge in [0.1, 0.15) is 10.9 Å². The molecule has 0 aliphatic carbocycles. The molecule has 4 aromatic rings. The number of rotatable bonds is 4. The summed E-state index contributed by atoms with van der Waals surface area (Å²) in [6.07, 6.45) is 0. The molecule has 0 atom stereocenters. The molecule has 0 saturated carbocycles. The lowest BCUT2D eigenvalue weighted by Crippen LogP contribution is -2.21. The standard InChI is InChI=1S/C19H13N5O5/c25-22-16-11-15(23(26)27)12-17(24(28)29)18(16)19(20-13-7-3-1-4-8-13)21(22)14-9-5-2-6-10-14/h1-12,25H. The monoisotopic (exact) mass is 391 g/mol. The van der Waals surface area contributed by atoms with Crippen molar-refractivity contribution in [3.8, 4) is 5.69 Å². The molecular weight excluding hydrogens is 378 g/mol. The van der Waals surface area contributed by atoms with Crippen molar-refractivity contribution in [2.24, 2.45) is 4.99 Å². The second-order valence-corrected chi connectivity index (χ2v) is 6.08. The normalized spacial score (nSPS) is 11.7. The highest BCUT2D eigenvalue weighted by Gasteiger charge is 2.27. The van der Waals surface area contributed by atoms with Crippen LogP contribution in [0.2, 0.25) is 0 Å². The molecule has 0 fully saturated rings. The number of aromatic nitrogens is 2. The van der Waals surface area contributed by atoms with Crippen molar-refractivity contribution in [3.05, 3.63) is 98.5 Å². The third-order valence-electron chi connectivity index (χ3n) is 4.31. The summed E-state index contributed by atoms with van der Waals surface area (Å²) in [5.74, 6) is 0. The highest BCUT2D eigenvalue weighted by molar-refractivity contribution is 5.90. The van der Waals surface area contributed by atoms with Gasteiger partial charge in [-0.3, -0.25) is 20.2 Å². The fraction of sp³-hybridized carbons (Fsp3) is 0. The molecule has 4 rings (SSSR count). The van der Waals surface area contributed by atoms with Gasteiger partial charge in [0.2, 0.25) is 0 Å². The Bertz CT molecular complexity index is 1310. The third kappa shape index (κ3) is 3.08. The zero-order valence-corrected chi connectivity index (χ0v) is 14.7. The summed E-state index contributed by atoms with van der Waals surface area (Å²) in [6.45, 7) is 0. The van der Waals surface area contributed by atoms with Gasteiger partial charge in [-0.25, -0.2) is 9.67 Å². The molecule has 10 nitrogen and oxygen atoms in total. The quantitative estimate of drug-likeness (QED) is 0.322. The van der Waals surface area contributed by atoms with Crippen LogP contribution < -0.4 is 5.49 Å². The van der Waals surface area contributed by atoms with Crippen LogP contribution in [0.15, 0.2) is 77.8 Å². The first kappa shape index (κ1) is 17.9. The molecule has 0 aliphatic heterocycles. The number of para-hydroxylation sites is 2. The van der Waals surface area contributed by atoms with Gasteiger partial charge < -0.3 is 5.21 Å². The van der Waals surface area contributed by atoms with E-state index >= 15 is 0 Å². The van der Waals surface area contributed by atoms with Crippen LogP contribution in [-0.2, 0) is 0 Å². The summed E-state index contributed by atoms with van der Waals surface area (Å²) in [6, 6.07) is 19.2. The smallest absolute Gasteiger partial charge is 0.289 e. The van der Waals surface area contributed by atoms with Gasteiger partial charge in [-0.05, 0) is 24.3 Å². The SMILES string of the molecule is O=[N+]([O-])c1cc([N+](=O)[O-])c2c(=Nc3ccccc3)n(-c3ccccc3)n(O)c2c1. The molecule has 0 saturated heterocycles. The van der Waals surface area contributed by atoms with Crippen LogP contribution >= 0.6 is 0 Å². The Morgan fingerprint density at radius 2 is 1.48 bits per heavy atom. The Labute approximate surface area is 162 Å². The largest absolute Gasteiger partial charge is 0.412 e. The van der Waals surface area contributed by atoms with E-state index in [0.717, 1.165) is 12.1 Å². The molecule has 29 heavy (non-hydrogen) atoms. The number of hydrogen-bond acceptors (Lipinski definition) is 6. The Kier molecular flexibility index (Phi) is 4.28. The zero-order chi connectivity index (χ0) is 20.5. The predicted octanol–water partition coefficient (Wildman–Crippen LogP) is 3.72. The van der Waals surface area contributed by atoms with Crippen LogP contribution in [0.4, 0.5) is 17.1 Å². The van der Waals surface area contributed by atoms with Gasteiger partial charge in [0.05, 0.1) is 27.3 Å². The Morgan fingerprint density at radius 3 is 2.07 bits per heavy atom. The van der Waals surface area contributed by atoms with Gasteiger partial charge in [0.25, 0.3) is 11.4 Å². The van der Waals surface area contributed by atoms with E-state index in [-0.39, 0.29) is 16.4 Å². The Morgan fingerprint density at radius 1 is 0.862 bits per heavy atom. The molecule has 0 amide bonds. The number of benzene rings is 3. The van der Waals surface area contributed by atoms with Crippen molar-refractivity contribution >= 4 is 28.0 Å². The van der Waals surface area contributed by atoms with Gasteiger partial charge in [-0.1, -0.05) is 36.4 Å². The summed E-state index contributed by atoms with van der Waals surface area (Å²) in [5.41, 5.74) is -0.106. The summed E-state index contributed by atoms with van der Waals surface area (Å²) in [5, 5.41) is 33.7. The van der Waals surface area contributed by atoms with Crippen molar-refractivity contribution in [2.45, 2.75) is 0 Å². The minimum Gasteiger partial charge on any atom is -0.412 e. The molecule has 0 unspecified atom stereocenters. The summed E-state index contributed by atoms with van der Waals surface area (Å²) in [4.78, 5) is 26.6. The van der Waals surface area contributed by atoms with E-state index in [2.05, 4.69) is 4.99 Å². The lowest BCUT2D eigenvalue weighted by atomic mass is 10.2. The van der Waals surface area contributed by atoms with Crippen LogP contribution in [-0.4, -0.2) is 24.6 Å². The predicted molar refractivity (Wildman–Crippen MR) is 103 cm³/mol. The number of non-ortho nitro benzene ring substituents is 2. The van der Waals surface area contributed by atoms with Gasteiger partial charge in [0, 0.05) is 6.07 Å². The van der Waals surface area contributed by atoms with E-state index in [1.807, 2.05) is 0 Å². The highest BCUT2D eigenvalue weighted by Crippen LogP contribution is 2.30. The lowest BCUT2D eigenvalue weighted by molar-refractivity contribution is -0.393. The first-order valence-corrected chi connectivity index (χ1v) is 8.42. The fourth-order valence-electron chi connectivity index (χ4n) is 3.07. The minimum absolute atomic E-state index is 0.0178. The number of nitro groups is 2. The fourth-order valence-corrected chi connectivity index (χ4v) is 3.07. The van der Waals surface area contributed by atoms with Gasteiger partial charge in [-0.2, -0.15) is 0 Å². The van der Waals surface area contributed by atoms with Crippen molar-refractivity contribution in [1.82, 2.24) is 9.53 Å². The molecule has 1 aromatic heterocycles. The maximum absolute atomic E-state index is 11.7. The molecule has 0 aliphatic rings. The highest BCUT2D eigenvalue weighted by atomic mass is 16.6. The molecule has 144 valence electrons. The summed E-state index contributed by atoms with van der Waals surface area (Å²) < 4.78 is 1.26. The van der Waals surface area contributed by atoms with E-state index in [0.29, 0.717) is 16.2 Å². The van der Waals surface area contributed by atoms with E-state index in [1.165, 1.54) is 4.68 Å². The lowest BCUT2D eigenvalue weighted by Gasteiger charge is -2.06. The zero-order valence-electron chi connectivity index (χ0n) is 14.7. The van der Waals surface area contributed by atoms with Crippen LogP contribution in [0.25, 0.3) is 16.6 Å². The Balaban J connectivity index is 2.22. The van der Waals surface area contributed by atoms with Crippen molar-refractivity contribution < 1.29 is 15.1 Å². The number of hydrogen-bond donors (Lipinski definition) is 1. The molecule has 0 bridgehead atoms. The van der Waals surface area contributed by atoms with Crippen molar-refractivity contribution in [3.63, 3.8) is 0 Å². The molecule has 10 heteroatoms. The van der Waals surface area contributed by atoms with Crippen molar-refractivity contribution in [1.29, 1.82) is 0 Å². The summed E-state index contributed by atoms with van der Waals surface area (Å²) in [7, 11) is 0. The average Bonchev–Trinajstić information content (AvgIpc) is 3.00. The third-order valence-corrected chi connectivity index (χ3v) is 4.31. The molecule has 1 N–H and O–H groups in total. The second kappa shape index (κ2) is 6.93. The maximum atomic E-state index is 11.7. The Hall–Kier alpha value is -4.47. The van der Waals surface area contributed by atoms with E-state index in [4.69, 9.17) is 0 Å². The van der Waals surface area contributed by atoms with Crippen LogP contribution in [0.3, 0.4) is 0 Å². The maximum Gasteiger partial charge on any atom is 0.289 e. The molecule has 0 spiro atoms. The van der Waals surface area contributed by atoms with E-state index in [1.54, 1.807) is 60.7 Å². The van der Waals surface area contributed by atoms with E-state index < -0.39 is 21.2 Å².